The number of anilines is 1. The molecule has 25 heavy (non-hydrogen) atoms. The second-order valence-electron chi connectivity index (χ2n) is 4.55. The van der Waals surface area contributed by atoms with Crippen molar-refractivity contribution >= 4 is 46.8 Å². The van der Waals surface area contributed by atoms with Crippen LogP contribution < -0.4 is 10.6 Å². The average molecular weight is 386 g/mol. The minimum Gasteiger partial charge on any atom is -0.452 e. The summed E-state index contributed by atoms with van der Waals surface area (Å²) in [6.45, 7) is -0.732. The van der Waals surface area contributed by atoms with Gasteiger partial charge in [0, 0.05) is 6.20 Å². The van der Waals surface area contributed by atoms with Gasteiger partial charge in [-0.25, -0.2) is 19.0 Å². The zero-order valence-corrected chi connectivity index (χ0v) is 13.9. The third-order valence-electron chi connectivity index (χ3n) is 2.74. The standard InChI is InChI=1S/C15H10Cl2FN3O4/c16-9-5-8(6-19-13(9)17)14(23)25-7-12(22)21-15(24)20-11-4-2-1-3-10(11)18/h1-6H,7H2,(H2,20,21,22,24). The number of nitrogens with one attached hydrogen (secondary N) is 2. The molecule has 1 heterocycles. The van der Waals surface area contributed by atoms with Gasteiger partial charge in [-0.3, -0.25) is 10.1 Å². The van der Waals surface area contributed by atoms with Crippen LogP contribution in [0.5, 0.6) is 0 Å². The molecule has 0 aliphatic carbocycles. The number of para-hydroxylation sites is 1. The van der Waals surface area contributed by atoms with E-state index in [1.807, 2.05) is 5.32 Å². The van der Waals surface area contributed by atoms with Crippen LogP contribution in [0.25, 0.3) is 0 Å². The molecule has 0 fully saturated rings. The third-order valence-corrected chi connectivity index (χ3v) is 3.43. The lowest BCUT2D eigenvalue weighted by atomic mass is 10.3. The summed E-state index contributed by atoms with van der Waals surface area (Å²) < 4.78 is 18.1. The van der Waals surface area contributed by atoms with Crippen LogP contribution in [0.1, 0.15) is 10.4 Å². The highest BCUT2D eigenvalue weighted by atomic mass is 35.5. The molecule has 0 bridgehead atoms. The molecule has 0 saturated carbocycles. The quantitative estimate of drug-likeness (QED) is 0.622. The number of urea groups is 1. The second kappa shape index (κ2) is 8.41. The monoisotopic (exact) mass is 385 g/mol. The summed E-state index contributed by atoms with van der Waals surface area (Å²) in [5, 5.41) is 4.09. The Balaban J connectivity index is 1.83. The number of carbonyl (C=O) groups excluding carboxylic acids is 3. The second-order valence-corrected chi connectivity index (χ2v) is 5.32. The first kappa shape index (κ1) is 18.6. The molecule has 0 unspecified atom stereocenters. The van der Waals surface area contributed by atoms with Gasteiger partial charge in [0.15, 0.2) is 6.61 Å². The SMILES string of the molecule is O=C(COC(=O)c1cnc(Cl)c(Cl)c1)NC(=O)Nc1ccccc1F. The summed E-state index contributed by atoms with van der Waals surface area (Å²) in [7, 11) is 0. The van der Waals surface area contributed by atoms with Crippen LogP contribution >= 0.6 is 23.2 Å². The number of amides is 3. The van der Waals surface area contributed by atoms with Crippen LogP contribution in [0.4, 0.5) is 14.9 Å². The Morgan fingerprint density at radius 2 is 1.92 bits per heavy atom. The van der Waals surface area contributed by atoms with Gasteiger partial charge in [-0.2, -0.15) is 0 Å². The smallest absolute Gasteiger partial charge is 0.340 e. The number of pyridine rings is 1. The van der Waals surface area contributed by atoms with Gasteiger partial charge in [-0.05, 0) is 18.2 Å². The Labute approximate surface area is 151 Å². The molecule has 2 N–H and O–H groups in total. The number of ether oxygens (including phenoxy) is 1. The summed E-state index contributed by atoms with van der Waals surface area (Å²) >= 11 is 11.3. The Kier molecular flexibility index (Phi) is 6.26. The first-order valence-corrected chi connectivity index (χ1v) is 7.46. The van der Waals surface area contributed by atoms with Gasteiger partial charge in [0.2, 0.25) is 0 Å². The molecule has 1 aromatic heterocycles. The van der Waals surface area contributed by atoms with Crippen molar-refractivity contribution in [3.8, 4) is 0 Å². The number of benzene rings is 1. The fraction of sp³-hybridized carbons (Fsp3) is 0.0667. The lowest BCUT2D eigenvalue weighted by Gasteiger charge is -2.08. The van der Waals surface area contributed by atoms with Crippen molar-refractivity contribution in [2.45, 2.75) is 0 Å². The van der Waals surface area contributed by atoms with Crippen LogP contribution in [-0.2, 0) is 9.53 Å². The molecule has 10 heteroatoms. The van der Waals surface area contributed by atoms with Crippen molar-refractivity contribution in [2.24, 2.45) is 0 Å². The lowest BCUT2D eigenvalue weighted by molar-refractivity contribution is -0.123. The topological polar surface area (TPSA) is 97.4 Å². The summed E-state index contributed by atoms with van der Waals surface area (Å²) in [6, 6.07) is 5.67. The van der Waals surface area contributed by atoms with E-state index >= 15 is 0 Å². The maximum atomic E-state index is 13.4. The van der Waals surface area contributed by atoms with E-state index in [1.54, 1.807) is 0 Å². The van der Waals surface area contributed by atoms with E-state index in [9.17, 15) is 18.8 Å². The van der Waals surface area contributed by atoms with E-state index < -0.39 is 30.3 Å². The number of hydrogen-bond donors (Lipinski definition) is 2. The number of aromatic nitrogens is 1. The van der Waals surface area contributed by atoms with Crippen molar-refractivity contribution in [3.63, 3.8) is 0 Å². The van der Waals surface area contributed by atoms with Crippen LogP contribution in [0.15, 0.2) is 36.5 Å². The van der Waals surface area contributed by atoms with Crippen molar-refractivity contribution in [2.75, 3.05) is 11.9 Å². The minimum absolute atomic E-state index is 0.0146. The van der Waals surface area contributed by atoms with Crippen molar-refractivity contribution < 1.29 is 23.5 Å². The number of carbonyl (C=O) groups is 3. The number of hydrogen-bond acceptors (Lipinski definition) is 5. The fourth-order valence-electron chi connectivity index (χ4n) is 1.63. The van der Waals surface area contributed by atoms with E-state index in [-0.39, 0.29) is 21.4 Å². The molecule has 3 amide bonds. The normalized spacial score (nSPS) is 10.0. The highest BCUT2D eigenvalue weighted by Crippen LogP contribution is 2.20. The summed E-state index contributed by atoms with van der Waals surface area (Å²) in [5.41, 5.74) is -0.121. The van der Waals surface area contributed by atoms with Gasteiger partial charge in [0.1, 0.15) is 11.0 Å². The van der Waals surface area contributed by atoms with E-state index in [2.05, 4.69) is 10.3 Å². The predicted octanol–water partition coefficient (Wildman–Crippen LogP) is 3.03. The molecule has 0 spiro atoms. The minimum atomic E-state index is -0.970. The number of nitrogens with zero attached hydrogens (tertiary/aromatic N) is 1. The molecule has 2 aromatic rings. The fourth-order valence-corrected chi connectivity index (χ4v) is 1.90. The number of rotatable bonds is 4. The molecule has 2 rings (SSSR count). The molecule has 0 atom stereocenters. The number of esters is 1. The zero-order valence-electron chi connectivity index (χ0n) is 12.4. The highest BCUT2D eigenvalue weighted by Gasteiger charge is 2.15. The van der Waals surface area contributed by atoms with Gasteiger partial charge in [0.25, 0.3) is 5.91 Å². The third kappa shape index (κ3) is 5.40. The average Bonchev–Trinajstić information content (AvgIpc) is 2.57. The summed E-state index contributed by atoms with van der Waals surface area (Å²) in [4.78, 5) is 38.6. The lowest BCUT2D eigenvalue weighted by Crippen LogP contribution is -2.37. The number of imide groups is 1. The Bertz CT molecular complexity index is 832. The van der Waals surface area contributed by atoms with Crippen LogP contribution in [0.3, 0.4) is 0 Å². The van der Waals surface area contributed by atoms with Gasteiger partial charge in [0.05, 0.1) is 16.3 Å². The largest absolute Gasteiger partial charge is 0.452 e. The summed E-state index contributed by atoms with van der Waals surface area (Å²) in [5.74, 6) is -2.45. The first-order chi connectivity index (χ1) is 11.9. The highest BCUT2D eigenvalue weighted by molar-refractivity contribution is 6.41. The molecular weight excluding hydrogens is 376 g/mol. The molecule has 0 aliphatic heterocycles. The Morgan fingerprint density at radius 1 is 1.20 bits per heavy atom. The Hall–Kier alpha value is -2.71. The van der Waals surface area contributed by atoms with E-state index in [4.69, 9.17) is 27.9 Å². The van der Waals surface area contributed by atoms with E-state index in [0.29, 0.717) is 0 Å². The van der Waals surface area contributed by atoms with Gasteiger partial charge < -0.3 is 10.1 Å². The molecule has 130 valence electrons. The Morgan fingerprint density at radius 3 is 2.60 bits per heavy atom. The number of halogens is 3. The van der Waals surface area contributed by atoms with Gasteiger partial charge in [-0.15, -0.1) is 0 Å². The van der Waals surface area contributed by atoms with E-state index in [0.717, 1.165) is 12.3 Å². The molecule has 0 aliphatic rings. The van der Waals surface area contributed by atoms with Crippen molar-refractivity contribution in [3.05, 3.63) is 58.1 Å². The van der Waals surface area contributed by atoms with Crippen LogP contribution in [0.2, 0.25) is 10.2 Å². The molecule has 1 aromatic carbocycles. The van der Waals surface area contributed by atoms with E-state index in [1.165, 1.54) is 24.3 Å². The molecule has 7 nitrogen and oxygen atoms in total. The molecule has 0 saturated heterocycles. The van der Waals surface area contributed by atoms with Gasteiger partial charge in [-0.1, -0.05) is 35.3 Å². The molecular formula is C15H10Cl2FN3O4. The first-order valence-electron chi connectivity index (χ1n) is 6.70. The van der Waals surface area contributed by atoms with Crippen molar-refractivity contribution in [1.29, 1.82) is 0 Å². The zero-order chi connectivity index (χ0) is 18.4. The van der Waals surface area contributed by atoms with Crippen LogP contribution in [0, 0.1) is 5.82 Å². The maximum Gasteiger partial charge on any atom is 0.340 e. The van der Waals surface area contributed by atoms with Gasteiger partial charge >= 0.3 is 12.0 Å². The predicted molar refractivity (Wildman–Crippen MR) is 88.1 cm³/mol. The van der Waals surface area contributed by atoms with Crippen LogP contribution in [-0.4, -0.2) is 29.5 Å². The molecule has 0 radical (unpaired) electrons. The summed E-state index contributed by atoms with van der Waals surface area (Å²) in [6.07, 6.45) is 1.12. The maximum absolute atomic E-state index is 13.4. The van der Waals surface area contributed by atoms with Crippen molar-refractivity contribution in [1.82, 2.24) is 10.3 Å².